The first-order chi connectivity index (χ1) is 16.7. The van der Waals surface area contributed by atoms with E-state index in [1.54, 1.807) is 6.07 Å². The third-order valence-electron chi connectivity index (χ3n) is 6.19. The van der Waals surface area contributed by atoms with Crippen LogP contribution in [0.5, 0.6) is 5.75 Å². The van der Waals surface area contributed by atoms with Crippen molar-refractivity contribution < 1.29 is 13.7 Å². The van der Waals surface area contributed by atoms with Crippen molar-refractivity contribution in [2.75, 3.05) is 44.2 Å². The minimum absolute atomic E-state index is 0.342. The molecule has 34 heavy (non-hydrogen) atoms. The second-order valence-electron chi connectivity index (χ2n) is 8.36. The minimum Gasteiger partial charge on any atom is -0.494 e. The summed E-state index contributed by atoms with van der Waals surface area (Å²) in [5.74, 6) is 0.464. The Hall–Kier alpha value is -3.89. The van der Waals surface area contributed by atoms with Crippen LogP contribution in [0.4, 0.5) is 10.1 Å². The van der Waals surface area contributed by atoms with Gasteiger partial charge in [0.1, 0.15) is 23.3 Å². The third-order valence-corrected chi connectivity index (χ3v) is 6.19. The molecule has 0 N–H and O–H groups in total. The van der Waals surface area contributed by atoms with Crippen LogP contribution in [-0.2, 0) is 0 Å². The van der Waals surface area contributed by atoms with Gasteiger partial charge >= 0.3 is 0 Å². The number of ether oxygens (including phenoxy) is 1. The monoisotopic (exact) mass is 456 g/mol. The summed E-state index contributed by atoms with van der Waals surface area (Å²) in [5, 5.41) is 14.2. The van der Waals surface area contributed by atoms with E-state index >= 15 is 0 Å². The number of nitrogens with zero attached hydrogens (tertiary/aromatic N) is 4. The van der Waals surface area contributed by atoms with Gasteiger partial charge in [-0.25, -0.2) is 4.39 Å². The van der Waals surface area contributed by atoms with Gasteiger partial charge in [-0.2, -0.15) is 5.26 Å². The van der Waals surface area contributed by atoms with Gasteiger partial charge < -0.3 is 14.2 Å². The molecule has 0 spiro atoms. The highest BCUT2D eigenvalue weighted by molar-refractivity contribution is 5.91. The van der Waals surface area contributed by atoms with E-state index in [1.807, 2.05) is 48.5 Å². The molecule has 0 amide bonds. The van der Waals surface area contributed by atoms with Gasteiger partial charge in [-0.05, 0) is 55.0 Å². The first-order valence-corrected chi connectivity index (χ1v) is 11.5. The molecule has 172 valence electrons. The predicted molar refractivity (Wildman–Crippen MR) is 129 cm³/mol. The molecule has 1 aliphatic rings. The molecule has 3 aromatic carbocycles. The molecule has 0 atom stereocenters. The summed E-state index contributed by atoms with van der Waals surface area (Å²) >= 11 is 0. The SMILES string of the molecule is N#Cc1ccccc1N1CCN(CCCOc2ccc(-c3noc4cc(F)ccc34)cc2)CC1. The van der Waals surface area contributed by atoms with Crippen molar-refractivity contribution in [2.24, 2.45) is 0 Å². The lowest BCUT2D eigenvalue weighted by atomic mass is 10.1. The zero-order chi connectivity index (χ0) is 23.3. The second-order valence-corrected chi connectivity index (χ2v) is 8.36. The molecule has 1 aromatic heterocycles. The lowest BCUT2D eigenvalue weighted by Gasteiger charge is -2.36. The molecule has 1 fully saturated rings. The summed E-state index contributed by atoms with van der Waals surface area (Å²) in [6.07, 6.45) is 0.940. The highest BCUT2D eigenvalue weighted by Gasteiger charge is 2.18. The zero-order valence-electron chi connectivity index (χ0n) is 18.8. The maximum absolute atomic E-state index is 13.4. The molecule has 6 nitrogen and oxygen atoms in total. The average Bonchev–Trinajstić information content (AvgIpc) is 3.30. The Balaban J connectivity index is 1.08. The minimum atomic E-state index is -0.342. The van der Waals surface area contributed by atoms with Crippen LogP contribution in [0.3, 0.4) is 0 Å². The number of hydrogen-bond acceptors (Lipinski definition) is 6. The second kappa shape index (κ2) is 9.94. The van der Waals surface area contributed by atoms with Gasteiger partial charge in [-0.3, -0.25) is 4.90 Å². The molecule has 0 bridgehead atoms. The molecule has 2 heterocycles. The van der Waals surface area contributed by atoms with Crippen molar-refractivity contribution in [1.29, 1.82) is 5.26 Å². The van der Waals surface area contributed by atoms with Gasteiger partial charge in [0.05, 0.1) is 17.9 Å². The van der Waals surface area contributed by atoms with Gasteiger partial charge in [0.2, 0.25) is 0 Å². The predicted octanol–water partition coefficient (Wildman–Crippen LogP) is 5.10. The number of fused-ring (bicyclic) bond motifs is 1. The van der Waals surface area contributed by atoms with E-state index in [9.17, 15) is 9.65 Å². The van der Waals surface area contributed by atoms with Crippen molar-refractivity contribution in [3.63, 3.8) is 0 Å². The fraction of sp³-hybridized carbons (Fsp3) is 0.259. The number of halogens is 1. The van der Waals surface area contributed by atoms with Crippen molar-refractivity contribution in [2.45, 2.75) is 6.42 Å². The Morgan fingerprint density at radius 2 is 1.79 bits per heavy atom. The van der Waals surface area contributed by atoms with Crippen LogP contribution in [0.2, 0.25) is 0 Å². The molecule has 5 rings (SSSR count). The number of anilines is 1. The summed E-state index contributed by atoms with van der Waals surface area (Å²) in [6.45, 7) is 5.42. The van der Waals surface area contributed by atoms with E-state index in [4.69, 9.17) is 9.26 Å². The van der Waals surface area contributed by atoms with E-state index in [1.165, 1.54) is 12.1 Å². The van der Waals surface area contributed by atoms with Crippen LogP contribution in [0.25, 0.3) is 22.2 Å². The molecular weight excluding hydrogens is 431 g/mol. The molecule has 1 saturated heterocycles. The molecular formula is C27H25FN4O2. The van der Waals surface area contributed by atoms with Crippen LogP contribution in [0.1, 0.15) is 12.0 Å². The third kappa shape index (κ3) is 4.73. The van der Waals surface area contributed by atoms with Crippen LogP contribution < -0.4 is 9.64 Å². The van der Waals surface area contributed by atoms with Gasteiger partial charge in [0.25, 0.3) is 0 Å². The number of rotatable bonds is 7. The van der Waals surface area contributed by atoms with Crippen LogP contribution in [0.15, 0.2) is 71.3 Å². The summed E-state index contributed by atoms with van der Waals surface area (Å²) in [6, 6.07) is 22.2. The number of benzene rings is 3. The zero-order valence-corrected chi connectivity index (χ0v) is 18.8. The fourth-order valence-corrected chi connectivity index (χ4v) is 4.36. The molecule has 4 aromatic rings. The van der Waals surface area contributed by atoms with Gasteiger partial charge in [-0.15, -0.1) is 0 Å². The Morgan fingerprint density at radius 3 is 2.59 bits per heavy atom. The van der Waals surface area contributed by atoms with E-state index < -0.39 is 0 Å². The fourth-order valence-electron chi connectivity index (χ4n) is 4.36. The Kier molecular flexibility index (Phi) is 6.41. The Morgan fingerprint density at radius 1 is 1.00 bits per heavy atom. The maximum atomic E-state index is 13.4. The average molecular weight is 457 g/mol. The maximum Gasteiger partial charge on any atom is 0.170 e. The number of aromatic nitrogens is 1. The van der Waals surface area contributed by atoms with Crippen LogP contribution >= 0.6 is 0 Å². The molecule has 7 heteroatoms. The summed E-state index contributed by atoms with van der Waals surface area (Å²) in [5.41, 5.74) is 3.79. The standard InChI is InChI=1S/C27H25FN4O2/c28-22-8-11-24-26(18-22)34-30-27(24)20-6-9-23(10-7-20)33-17-3-12-31-13-15-32(16-14-31)25-5-2-1-4-21(25)19-29/h1-2,4-11,18H,3,12-17H2. The number of nitriles is 1. The van der Waals surface area contributed by atoms with Crippen LogP contribution in [-0.4, -0.2) is 49.4 Å². The van der Waals surface area contributed by atoms with E-state index in [0.29, 0.717) is 17.9 Å². The summed E-state index contributed by atoms with van der Waals surface area (Å²) in [4.78, 5) is 4.73. The molecule has 0 radical (unpaired) electrons. The van der Waals surface area contributed by atoms with Gasteiger partial charge in [0, 0.05) is 49.7 Å². The number of piperazine rings is 1. The van der Waals surface area contributed by atoms with Gasteiger partial charge in [-0.1, -0.05) is 17.3 Å². The van der Waals surface area contributed by atoms with Gasteiger partial charge in [0.15, 0.2) is 5.58 Å². The highest BCUT2D eigenvalue weighted by Crippen LogP contribution is 2.29. The largest absolute Gasteiger partial charge is 0.494 e. The van der Waals surface area contributed by atoms with Crippen molar-refractivity contribution in [1.82, 2.24) is 10.1 Å². The quantitative estimate of drug-likeness (QED) is 0.361. The first-order valence-electron chi connectivity index (χ1n) is 11.5. The number of para-hydroxylation sites is 1. The molecule has 0 saturated carbocycles. The van der Waals surface area contributed by atoms with E-state index in [2.05, 4.69) is 21.0 Å². The normalized spacial score (nSPS) is 14.3. The van der Waals surface area contributed by atoms with Crippen molar-refractivity contribution in [3.8, 4) is 23.1 Å². The highest BCUT2D eigenvalue weighted by atomic mass is 19.1. The molecule has 0 aliphatic carbocycles. The smallest absolute Gasteiger partial charge is 0.170 e. The van der Waals surface area contributed by atoms with Crippen molar-refractivity contribution >= 4 is 16.7 Å². The number of hydrogen-bond donors (Lipinski definition) is 0. The Bertz CT molecular complexity index is 1300. The van der Waals surface area contributed by atoms with E-state index in [-0.39, 0.29) is 5.82 Å². The summed E-state index contributed by atoms with van der Waals surface area (Å²) in [7, 11) is 0. The first kappa shape index (κ1) is 21.9. The van der Waals surface area contributed by atoms with Crippen LogP contribution in [0, 0.1) is 17.1 Å². The lowest BCUT2D eigenvalue weighted by molar-refractivity contribution is 0.224. The molecule has 0 unspecified atom stereocenters. The van der Waals surface area contributed by atoms with E-state index in [0.717, 1.165) is 67.1 Å². The Labute approximate surface area is 197 Å². The lowest BCUT2D eigenvalue weighted by Crippen LogP contribution is -2.47. The molecule has 1 aliphatic heterocycles. The topological polar surface area (TPSA) is 65.5 Å². The summed E-state index contributed by atoms with van der Waals surface area (Å²) < 4.78 is 24.5. The van der Waals surface area contributed by atoms with Crippen molar-refractivity contribution in [3.05, 3.63) is 78.1 Å².